The summed E-state index contributed by atoms with van der Waals surface area (Å²) in [5, 5.41) is 7.75. The van der Waals surface area contributed by atoms with E-state index in [-0.39, 0.29) is 0 Å². The average molecular weight is 207 g/mol. The molecule has 0 aliphatic rings. The smallest absolute Gasteiger partial charge is 0.411 e. The van der Waals surface area contributed by atoms with Crippen LogP contribution in [0.2, 0.25) is 0 Å². The molecule has 0 spiro atoms. The number of aliphatic carboxylic acids is 1. The molecule has 9 heavy (non-hydrogen) atoms. The summed E-state index contributed by atoms with van der Waals surface area (Å²) in [5.74, 6) is -1.93. The van der Waals surface area contributed by atoms with E-state index in [1.54, 1.807) is 0 Å². The largest absolute Gasteiger partial charge is 0.480 e. The molecule has 0 unspecified atom stereocenters. The number of alkyl halides is 4. The summed E-state index contributed by atoms with van der Waals surface area (Å²) in [4.78, 5) is 7.13. The van der Waals surface area contributed by atoms with Crippen molar-refractivity contribution in [2.45, 2.75) is 11.0 Å². The Morgan fingerprint density at radius 3 is 1.89 bits per heavy atom. The lowest BCUT2D eigenvalue weighted by molar-refractivity contribution is -0.161. The Balaban J connectivity index is 4.04. The third-order valence-corrected chi connectivity index (χ3v) is 1.41. The number of hydrogen-bond donors (Lipinski definition) is 1. The highest BCUT2D eigenvalue weighted by Crippen LogP contribution is 2.25. The molecule has 0 fully saturated rings. The lowest BCUT2D eigenvalue weighted by Gasteiger charge is -2.07. The third kappa shape index (κ3) is 2.69. The predicted molar refractivity (Wildman–Crippen MR) is 26.4 cm³/mol. The molecule has 54 valence electrons. The van der Waals surface area contributed by atoms with Crippen LogP contribution in [0.3, 0.4) is 0 Å². The van der Waals surface area contributed by atoms with E-state index in [0.717, 1.165) is 0 Å². The number of rotatable bonds is 1. The molecular weight excluding hydrogens is 205 g/mol. The highest BCUT2D eigenvalue weighted by atomic mass is 79.9. The molecule has 0 radical (unpaired) electrons. The molecule has 6 heteroatoms. The quantitative estimate of drug-likeness (QED) is 0.659. The topological polar surface area (TPSA) is 37.3 Å². The van der Waals surface area contributed by atoms with E-state index < -0.39 is 17.0 Å². The molecule has 2 nitrogen and oxygen atoms in total. The van der Waals surface area contributed by atoms with Gasteiger partial charge in [-0.05, 0) is 0 Å². The van der Waals surface area contributed by atoms with Crippen LogP contribution in [0.25, 0.3) is 0 Å². The van der Waals surface area contributed by atoms with Gasteiger partial charge in [-0.25, -0.2) is 0 Å². The first-order valence-electron chi connectivity index (χ1n) is 1.79. The fourth-order valence-electron chi connectivity index (χ4n) is 0.140. The predicted octanol–water partition coefficient (Wildman–Crippen LogP) is 1.40. The third-order valence-electron chi connectivity index (χ3n) is 0.504. The molecule has 0 amide bonds. The molecule has 0 aromatic rings. The van der Waals surface area contributed by atoms with Crippen molar-refractivity contribution >= 4 is 21.9 Å². The van der Waals surface area contributed by atoms with E-state index in [2.05, 4.69) is 0 Å². The zero-order valence-corrected chi connectivity index (χ0v) is 5.53. The Morgan fingerprint density at radius 1 is 1.56 bits per heavy atom. The Labute approximate surface area is 56.8 Å². The normalized spacial score (nSPS) is 15.1. The second-order valence-corrected chi connectivity index (χ2v) is 2.16. The van der Waals surface area contributed by atoms with Crippen LogP contribution in [0.15, 0.2) is 0 Å². The van der Waals surface area contributed by atoms with Gasteiger partial charge in [-0.2, -0.15) is 13.2 Å². The number of halogens is 4. The minimum absolute atomic E-state index is 1.93. The summed E-state index contributed by atoms with van der Waals surface area (Å²) < 4.78 is 33.8. The van der Waals surface area contributed by atoms with Crippen molar-refractivity contribution in [2.24, 2.45) is 0 Å². The second-order valence-electron chi connectivity index (χ2n) is 1.24. The van der Waals surface area contributed by atoms with Crippen LogP contribution in [0, 0.1) is 0 Å². The van der Waals surface area contributed by atoms with Gasteiger partial charge in [0.1, 0.15) is 0 Å². The van der Waals surface area contributed by atoms with E-state index in [1.165, 1.54) is 0 Å². The molecule has 0 saturated carbocycles. The molecule has 0 heterocycles. The number of hydrogen-bond acceptors (Lipinski definition) is 1. The molecule has 0 aliphatic heterocycles. The average Bonchev–Trinajstić information content (AvgIpc) is 1.62. The molecule has 0 bridgehead atoms. The maximum absolute atomic E-state index is 11.3. The summed E-state index contributed by atoms with van der Waals surface area (Å²) in [6.07, 6.45) is -4.70. The van der Waals surface area contributed by atoms with Crippen molar-refractivity contribution in [1.82, 2.24) is 0 Å². The van der Waals surface area contributed by atoms with E-state index in [0.29, 0.717) is 0 Å². The molecule has 0 saturated heterocycles. The summed E-state index contributed by atoms with van der Waals surface area (Å²) in [5.41, 5.74) is 0. The van der Waals surface area contributed by atoms with Crippen LogP contribution >= 0.6 is 15.9 Å². The minimum atomic E-state index is -4.70. The van der Waals surface area contributed by atoms with Gasteiger partial charge in [-0.3, -0.25) is 4.79 Å². The maximum Gasteiger partial charge on any atom is 0.411 e. The van der Waals surface area contributed by atoms with Crippen molar-refractivity contribution in [3.8, 4) is 0 Å². The van der Waals surface area contributed by atoms with Crippen molar-refractivity contribution in [2.75, 3.05) is 0 Å². The summed E-state index contributed by atoms with van der Waals surface area (Å²) in [7, 11) is 0. The SMILES string of the molecule is O=C(O)[C@H](Br)C(F)(F)F. The zero-order chi connectivity index (χ0) is 7.65. The van der Waals surface area contributed by atoms with Crippen molar-refractivity contribution < 1.29 is 23.1 Å². The first-order valence-corrected chi connectivity index (χ1v) is 2.71. The number of carboxylic acids is 1. The lowest BCUT2D eigenvalue weighted by atomic mass is 10.4. The maximum atomic E-state index is 11.3. The monoisotopic (exact) mass is 206 g/mol. The van der Waals surface area contributed by atoms with Gasteiger partial charge in [-0.1, -0.05) is 15.9 Å². The molecular formula is C3H2BrF3O2. The lowest BCUT2D eigenvalue weighted by Crippen LogP contribution is -2.30. The molecule has 0 aliphatic carbocycles. The van der Waals surface area contributed by atoms with E-state index in [1.807, 2.05) is 15.9 Å². The molecule has 0 aromatic carbocycles. The summed E-state index contributed by atoms with van der Waals surface area (Å²) >= 11 is 1.94. The van der Waals surface area contributed by atoms with E-state index in [9.17, 15) is 18.0 Å². The molecule has 0 aromatic heterocycles. The van der Waals surface area contributed by atoms with Gasteiger partial charge in [0, 0.05) is 0 Å². The first kappa shape index (κ1) is 8.74. The Morgan fingerprint density at radius 2 is 1.89 bits per heavy atom. The van der Waals surface area contributed by atoms with Crippen molar-refractivity contribution in [1.29, 1.82) is 0 Å². The highest BCUT2D eigenvalue weighted by molar-refractivity contribution is 9.10. The van der Waals surface area contributed by atoms with Crippen LogP contribution < -0.4 is 0 Å². The Kier molecular flexibility index (Phi) is 2.48. The van der Waals surface area contributed by atoms with Gasteiger partial charge in [0.25, 0.3) is 0 Å². The Bertz CT molecular complexity index is 121. The van der Waals surface area contributed by atoms with Crippen LogP contribution in [0.1, 0.15) is 0 Å². The molecule has 1 atom stereocenters. The molecule has 0 rings (SSSR count). The summed E-state index contributed by atoms with van der Waals surface area (Å²) in [6.45, 7) is 0. The first-order chi connectivity index (χ1) is 3.85. The van der Waals surface area contributed by atoms with Gasteiger partial charge < -0.3 is 5.11 Å². The van der Waals surface area contributed by atoms with Crippen LogP contribution in [-0.4, -0.2) is 22.1 Å². The minimum Gasteiger partial charge on any atom is -0.480 e. The van der Waals surface area contributed by atoms with Crippen molar-refractivity contribution in [3.05, 3.63) is 0 Å². The van der Waals surface area contributed by atoms with Gasteiger partial charge in [0.15, 0.2) is 0 Å². The number of carboxylic acid groups (broad SMARTS) is 1. The van der Waals surface area contributed by atoms with E-state index in [4.69, 9.17) is 5.11 Å². The fourth-order valence-corrected chi connectivity index (χ4v) is 0.140. The van der Waals surface area contributed by atoms with Crippen molar-refractivity contribution in [3.63, 3.8) is 0 Å². The summed E-state index contributed by atoms with van der Waals surface area (Å²) in [6, 6.07) is 0. The second kappa shape index (κ2) is 2.55. The highest BCUT2D eigenvalue weighted by Gasteiger charge is 2.43. The van der Waals surface area contributed by atoms with Crippen LogP contribution in [0.5, 0.6) is 0 Å². The Hall–Kier alpha value is -0.260. The van der Waals surface area contributed by atoms with Gasteiger partial charge in [-0.15, -0.1) is 0 Å². The fraction of sp³-hybridized carbons (Fsp3) is 0.667. The van der Waals surface area contributed by atoms with Gasteiger partial charge in [0.05, 0.1) is 0 Å². The number of carbonyl (C=O) groups is 1. The zero-order valence-electron chi connectivity index (χ0n) is 3.94. The van der Waals surface area contributed by atoms with Gasteiger partial charge in [0.2, 0.25) is 4.83 Å². The van der Waals surface area contributed by atoms with E-state index >= 15 is 0 Å². The van der Waals surface area contributed by atoms with Crippen LogP contribution in [-0.2, 0) is 4.79 Å². The standard InChI is InChI=1S/C3H2BrF3O2/c4-1(2(8)9)3(5,6)7/h1H,(H,8,9)/t1-/m0/s1. The van der Waals surface area contributed by atoms with Gasteiger partial charge >= 0.3 is 12.1 Å². The van der Waals surface area contributed by atoms with Crippen LogP contribution in [0.4, 0.5) is 13.2 Å². The molecule has 1 N–H and O–H groups in total.